The summed E-state index contributed by atoms with van der Waals surface area (Å²) in [6.07, 6.45) is 9.48. The third-order valence-electron chi connectivity index (χ3n) is 6.59. The predicted molar refractivity (Wildman–Crippen MR) is 149 cm³/mol. The van der Waals surface area contributed by atoms with E-state index in [1.54, 1.807) is 48.4 Å². The molecule has 0 saturated carbocycles. The quantitative estimate of drug-likeness (QED) is 0.439. The zero-order valence-corrected chi connectivity index (χ0v) is 22.9. The number of ether oxygens (including phenoxy) is 1. The van der Waals surface area contributed by atoms with Crippen LogP contribution in [0.2, 0.25) is 5.02 Å². The van der Waals surface area contributed by atoms with Gasteiger partial charge in [-0.1, -0.05) is 24.3 Å². The Kier molecular flexibility index (Phi) is 9.33. The van der Waals surface area contributed by atoms with E-state index in [4.69, 9.17) is 21.4 Å². The van der Waals surface area contributed by atoms with Crippen molar-refractivity contribution >= 4 is 35.3 Å². The molecular weight excluding hydrogens is 544 g/mol. The van der Waals surface area contributed by atoms with Crippen molar-refractivity contribution in [2.24, 2.45) is 4.99 Å². The second-order valence-corrected chi connectivity index (χ2v) is 9.63. The molecule has 0 atom stereocenters. The van der Waals surface area contributed by atoms with Gasteiger partial charge in [-0.3, -0.25) is 19.2 Å². The predicted octanol–water partition coefficient (Wildman–Crippen LogP) is 4.05. The van der Waals surface area contributed by atoms with Crippen LogP contribution in [-0.2, 0) is 9.59 Å². The molecule has 40 heavy (non-hydrogen) atoms. The minimum absolute atomic E-state index is 0.0552. The summed E-state index contributed by atoms with van der Waals surface area (Å²) in [4.78, 5) is 33.2. The number of halogens is 3. The van der Waals surface area contributed by atoms with Gasteiger partial charge in [-0.25, -0.2) is 4.99 Å². The van der Waals surface area contributed by atoms with Crippen molar-refractivity contribution in [1.82, 2.24) is 24.9 Å². The van der Waals surface area contributed by atoms with Crippen molar-refractivity contribution in [3.8, 4) is 17.0 Å². The lowest BCUT2D eigenvalue weighted by Crippen LogP contribution is -2.41. The maximum Gasteiger partial charge on any atom is 0.387 e. The van der Waals surface area contributed by atoms with Crippen LogP contribution in [0.15, 0.2) is 65.7 Å². The molecule has 212 valence electrons. The zero-order valence-electron chi connectivity index (χ0n) is 22.1. The number of alkyl halides is 2. The van der Waals surface area contributed by atoms with Gasteiger partial charge in [-0.15, -0.1) is 0 Å². The summed E-state index contributed by atoms with van der Waals surface area (Å²) in [7, 11) is 3.35. The third-order valence-corrected chi connectivity index (χ3v) is 6.82. The third kappa shape index (κ3) is 6.75. The van der Waals surface area contributed by atoms with Gasteiger partial charge in [0.1, 0.15) is 17.3 Å². The normalized spacial score (nSPS) is 17.2. The van der Waals surface area contributed by atoms with Gasteiger partial charge in [-0.2, -0.15) is 13.9 Å². The Labute approximate surface area is 235 Å². The Morgan fingerprint density at radius 1 is 1.30 bits per heavy atom. The number of hydrogen-bond donors (Lipinski definition) is 2. The SMILES string of the molecule is C=CC(C(=O)Nc1cn(C2CCN(CC(=O)NC)CC2)nc1-c1cc(Cl)ccc1OC(F)F)=C1N=CC=CN1C. The first-order valence-corrected chi connectivity index (χ1v) is 13.0. The summed E-state index contributed by atoms with van der Waals surface area (Å²) < 4.78 is 33.0. The molecule has 3 heterocycles. The van der Waals surface area contributed by atoms with Crippen LogP contribution in [0.4, 0.5) is 14.5 Å². The summed E-state index contributed by atoms with van der Waals surface area (Å²) in [5.41, 5.74) is 0.895. The lowest BCUT2D eigenvalue weighted by atomic mass is 10.1. The van der Waals surface area contributed by atoms with Gasteiger partial charge in [0.2, 0.25) is 5.91 Å². The smallest absolute Gasteiger partial charge is 0.387 e. The molecule has 1 saturated heterocycles. The molecular formula is C27H30ClF2N7O3. The van der Waals surface area contributed by atoms with E-state index >= 15 is 0 Å². The van der Waals surface area contributed by atoms with Crippen LogP contribution in [0, 0.1) is 0 Å². The van der Waals surface area contributed by atoms with Crippen molar-refractivity contribution in [3.05, 3.63) is 65.7 Å². The number of hydrogen-bond acceptors (Lipinski definition) is 7. The minimum Gasteiger partial charge on any atom is -0.434 e. The molecule has 4 rings (SSSR count). The number of amides is 2. The van der Waals surface area contributed by atoms with E-state index in [2.05, 4.69) is 22.2 Å². The number of likely N-dealkylation sites (N-methyl/N-ethyl adjacent to an activating group) is 1. The molecule has 1 aromatic carbocycles. The van der Waals surface area contributed by atoms with Crippen LogP contribution in [0.1, 0.15) is 18.9 Å². The lowest BCUT2D eigenvalue weighted by Gasteiger charge is -2.31. The number of aromatic nitrogens is 2. The molecule has 2 aromatic rings. The summed E-state index contributed by atoms with van der Waals surface area (Å²) in [5.74, 6) is -0.321. The number of nitrogens with one attached hydrogen (secondary N) is 2. The Balaban J connectivity index is 1.70. The average molecular weight is 574 g/mol. The summed E-state index contributed by atoms with van der Waals surface area (Å²) >= 11 is 6.23. The molecule has 2 N–H and O–H groups in total. The number of carbonyl (C=O) groups excluding carboxylic acids is 2. The highest BCUT2D eigenvalue weighted by Crippen LogP contribution is 2.38. The van der Waals surface area contributed by atoms with Crippen LogP contribution in [-0.4, -0.2) is 78.0 Å². The molecule has 2 amide bonds. The number of anilines is 1. The van der Waals surface area contributed by atoms with Crippen molar-refractivity contribution in [1.29, 1.82) is 0 Å². The van der Waals surface area contributed by atoms with Gasteiger partial charge in [0.25, 0.3) is 5.91 Å². The second-order valence-electron chi connectivity index (χ2n) is 9.20. The fraction of sp³-hybridized carbons (Fsp3) is 0.333. The summed E-state index contributed by atoms with van der Waals surface area (Å²) in [6, 6.07) is 4.18. The van der Waals surface area contributed by atoms with E-state index in [1.165, 1.54) is 24.3 Å². The fourth-order valence-corrected chi connectivity index (χ4v) is 4.73. The maximum atomic E-state index is 13.4. The highest BCUT2D eigenvalue weighted by atomic mass is 35.5. The van der Waals surface area contributed by atoms with Gasteiger partial charge in [-0.05, 0) is 37.1 Å². The number of likely N-dealkylation sites (tertiary alicyclic amines) is 1. The number of aliphatic imine (C=N–C) groups is 1. The van der Waals surface area contributed by atoms with Crippen LogP contribution < -0.4 is 15.4 Å². The number of piperidine rings is 1. The number of carbonyl (C=O) groups is 2. The Bertz CT molecular complexity index is 1360. The van der Waals surface area contributed by atoms with E-state index in [-0.39, 0.29) is 45.2 Å². The van der Waals surface area contributed by atoms with E-state index in [0.717, 1.165) is 0 Å². The minimum atomic E-state index is -3.07. The van der Waals surface area contributed by atoms with Crippen molar-refractivity contribution in [2.45, 2.75) is 25.5 Å². The highest BCUT2D eigenvalue weighted by molar-refractivity contribution is 6.31. The average Bonchev–Trinajstić information content (AvgIpc) is 3.34. The second kappa shape index (κ2) is 12.9. The van der Waals surface area contributed by atoms with E-state index in [1.807, 2.05) is 4.90 Å². The van der Waals surface area contributed by atoms with Crippen LogP contribution in [0.25, 0.3) is 11.3 Å². The van der Waals surface area contributed by atoms with Gasteiger partial charge >= 0.3 is 6.61 Å². The van der Waals surface area contributed by atoms with Gasteiger partial charge < -0.3 is 20.3 Å². The highest BCUT2D eigenvalue weighted by Gasteiger charge is 2.27. The molecule has 10 nitrogen and oxygen atoms in total. The van der Waals surface area contributed by atoms with Crippen LogP contribution >= 0.6 is 11.6 Å². The number of allylic oxidation sites excluding steroid dienone is 1. The number of nitrogens with zero attached hydrogens (tertiary/aromatic N) is 5. The van der Waals surface area contributed by atoms with Gasteiger partial charge in [0, 0.05) is 56.4 Å². The molecule has 0 aliphatic carbocycles. The largest absolute Gasteiger partial charge is 0.434 e. The molecule has 0 bridgehead atoms. The Hall–Kier alpha value is -4.03. The van der Waals surface area contributed by atoms with Crippen molar-refractivity contribution in [3.63, 3.8) is 0 Å². The molecule has 2 aliphatic rings. The van der Waals surface area contributed by atoms with Gasteiger partial charge in [0.15, 0.2) is 0 Å². The van der Waals surface area contributed by atoms with Crippen molar-refractivity contribution < 1.29 is 23.1 Å². The summed E-state index contributed by atoms with van der Waals surface area (Å²) in [6.45, 7) is 2.32. The lowest BCUT2D eigenvalue weighted by molar-refractivity contribution is -0.122. The standard InChI is InChI=1S/C27H30ClF2N7O3/c1-4-19(25-32-10-5-11-35(25)3)26(39)33-21-15-37(18-8-12-36(13-9-18)16-23(38)31-2)34-24(21)20-14-17(28)6-7-22(20)40-27(29)30/h4-7,10-11,14-15,18,27H,1,8-9,12-13,16H2,2-3H3,(H,31,38)(H,33,39). The van der Waals surface area contributed by atoms with Crippen molar-refractivity contribution in [2.75, 3.05) is 39.0 Å². The first-order valence-electron chi connectivity index (χ1n) is 12.6. The fourth-order valence-electron chi connectivity index (χ4n) is 4.56. The van der Waals surface area contributed by atoms with Crippen LogP contribution in [0.5, 0.6) is 5.75 Å². The van der Waals surface area contributed by atoms with Gasteiger partial charge in [0.05, 0.1) is 23.8 Å². The van der Waals surface area contributed by atoms with E-state index in [9.17, 15) is 18.4 Å². The number of benzene rings is 1. The zero-order chi connectivity index (χ0) is 28.8. The number of rotatable bonds is 9. The molecule has 1 fully saturated rings. The summed E-state index contributed by atoms with van der Waals surface area (Å²) in [5, 5.41) is 10.5. The molecule has 0 spiro atoms. The molecule has 1 aromatic heterocycles. The molecule has 0 unspecified atom stereocenters. The first kappa shape index (κ1) is 29.0. The Morgan fingerprint density at radius 2 is 2.05 bits per heavy atom. The molecule has 13 heteroatoms. The Morgan fingerprint density at radius 3 is 2.70 bits per heavy atom. The monoisotopic (exact) mass is 573 g/mol. The van der Waals surface area contributed by atoms with E-state index < -0.39 is 12.5 Å². The van der Waals surface area contributed by atoms with E-state index in [0.29, 0.717) is 38.3 Å². The molecule has 0 radical (unpaired) electrons. The topological polar surface area (TPSA) is 104 Å². The first-order chi connectivity index (χ1) is 19.2. The maximum absolute atomic E-state index is 13.4. The molecule has 2 aliphatic heterocycles. The van der Waals surface area contributed by atoms with Crippen LogP contribution in [0.3, 0.4) is 0 Å².